The first-order valence-corrected chi connectivity index (χ1v) is 12.4. The highest BCUT2D eigenvalue weighted by Gasteiger charge is 2.26. The molecule has 0 radical (unpaired) electrons. The smallest absolute Gasteiger partial charge is 0.0602 e. The number of nitrogens with zero attached hydrogens (tertiary/aromatic N) is 4. The van der Waals surface area contributed by atoms with E-state index in [0.717, 1.165) is 72.1 Å². The molecule has 2 aliphatic rings. The van der Waals surface area contributed by atoms with E-state index in [1.165, 1.54) is 16.8 Å². The lowest BCUT2D eigenvalue weighted by molar-refractivity contribution is 0.0362. The lowest BCUT2D eigenvalue weighted by atomic mass is 9.96. The Morgan fingerprint density at radius 3 is 1.91 bits per heavy atom. The largest absolute Gasteiger partial charge is 0.379 e. The van der Waals surface area contributed by atoms with Crippen LogP contribution in [-0.2, 0) is 17.8 Å². The van der Waals surface area contributed by atoms with E-state index < -0.39 is 0 Å². The van der Waals surface area contributed by atoms with E-state index in [2.05, 4.69) is 98.3 Å². The fourth-order valence-electron chi connectivity index (χ4n) is 5.18. The van der Waals surface area contributed by atoms with Gasteiger partial charge >= 0.3 is 0 Å². The highest BCUT2D eigenvalue weighted by Crippen LogP contribution is 2.29. The van der Waals surface area contributed by atoms with E-state index in [1.54, 1.807) is 0 Å². The topological polar surface area (TPSA) is 23.9 Å². The molecule has 3 heterocycles. The van der Waals surface area contributed by atoms with Gasteiger partial charge in [0.2, 0.25) is 0 Å². The fraction of sp³-hybridized carbons (Fsp3) is 0.429. The van der Waals surface area contributed by atoms with Crippen molar-refractivity contribution in [2.75, 3.05) is 59.0 Å². The number of hydrogen-bond donors (Lipinski definition) is 0. The Bertz CT molecular complexity index is 920. The van der Waals surface area contributed by atoms with Crippen LogP contribution < -0.4 is 0 Å². The van der Waals surface area contributed by atoms with Crippen LogP contribution in [0.4, 0.5) is 0 Å². The number of aromatic nitrogens is 1. The van der Waals surface area contributed by atoms with Crippen molar-refractivity contribution in [1.29, 1.82) is 0 Å². The lowest BCUT2D eigenvalue weighted by Gasteiger charge is -2.40. The Balaban J connectivity index is 1.19. The van der Waals surface area contributed by atoms with E-state index in [9.17, 15) is 0 Å². The zero-order chi connectivity index (χ0) is 22.3. The molecule has 2 saturated heterocycles. The van der Waals surface area contributed by atoms with E-state index in [0.29, 0.717) is 6.04 Å². The number of piperazine rings is 1. The first-order valence-electron chi connectivity index (χ1n) is 12.4. The molecule has 0 spiro atoms. The van der Waals surface area contributed by atoms with Gasteiger partial charge in [-0.05, 0) is 23.3 Å². The van der Waals surface area contributed by atoms with Crippen molar-refractivity contribution in [2.45, 2.75) is 19.1 Å². The van der Waals surface area contributed by atoms with Crippen LogP contribution in [0.2, 0.25) is 0 Å². The third-order valence-corrected chi connectivity index (χ3v) is 7.07. The fourth-order valence-corrected chi connectivity index (χ4v) is 5.18. The molecule has 0 N–H and O–H groups in total. The Morgan fingerprint density at radius 1 is 0.636 bits per heavy atom. The maximum absolute atomic E-state index is 5.48. The van der Waals surface area contributed by atoms with Gasteiger partial charge in [0.25, 0.3) is 0 Å². The lowest BCUT2D eigenvalue weighted by Crippen LogP contribution is -2.47. The first kappa shape index (κ1) is 22.4. The summed E-state index contributed by atoms with van der Waals surface area (Å²) in [7, 11) is 0. The van der Waals surface area contributed by atoms with Crippen molar-refractivity contribution in [3.05, 3.63) is 95.8 Å². The summed E-state index contributed by atoms with van der Waals surface area (Å²) < 4.78 is 7.93. The van der Waals surface area contributed by atoms with Gasteiger partial charge in [0.1, 0.15) is 0 Å². The normalized spacial score (nSPS) is 18.7. The van der Waals surface area contributed by atoms with Gasteiger partial charge < -0.3 is 9.30 Å². The van der Waals surface area contributed by atoms with Crippen LogP contribution in [0.3, 0.4) is 0 Å². The van der Waals surface area contributed by atoms with Gasteiger partial charge in [-0.2, -0.15) is 0 Å². The van der Waals surface area contributed by atoms with Gasteiger partial charge in [-0.25, -0.2) is 0 Å². The average molecular weight is 445 g/mol. The van der Waals surface area contributed by atoms with Gasteiger partial charge in [-0.15, -0.1) is 0 Å². The van der Waals surface area contributed by atoms with Crippen molar-refractivity contribution < 1.29 is 4.74 Å². The maximum atomic E-state index is 5.48. The third-order valence-electron chi connectivity index (χ3n) is 7.07. The van der Waals surface area contributed by atoms with Crippen LogP contribution in [0.1, 0.15) is 22.9 Å². The Hall–Kier alpha value is -2.44. The molecule has 1 aromatic heterocycles. The third kappa shape index (κ3) is 5.74. The SMILES string of the molecule is c1ccc(C(c2ccccc2)N2CCN(Cc3cccn3CCN3CCOCC3)CC2)cc1. The molecule has 5 nitrogen and oxygen atoms in total. The van der Waals surface area contributed by atoms with Crippen LogP contribution >= 0.6 is 0 Å². The molecular weight excluding hydrogens is 408 g/mol. The van der Waals surface area contributed by atoms with Gasteiger partial charge in [0.15, 0.2) is 0 Å². The monoisotopic (exact) mass is 444 g/mol. The number of benzene rings is 2. The second-order valence-corrected chi connectivity index (χ2v) is 9.18. The van der Waals surface area contributed by atoms with Gasteiger partial charge in [0, 0.05) is 70.8 Å². The Kier molecular flexibility index (Phi) is 7.54. The number of morpholine rings is 1. The van der Waals surface area contributed by atoms with E-state index in [-0.39, 0.29) is 0 Å². The summed E-state index contributed by atoms with van der Waals surface area (Å²) in [6.45, 7) is 11.4. The molecular formula is C28H36N4O. The maximum Gasteiger partial charge on any atom is 0.0602 e. The summed E-state index contributed by atoms with van der Waals surface area (Å²) in [5.74, 6) is 0. The van der Waals surface area contributed by atoms with Crippen molar-refractivity contribution >= 4 is 0 Å². The quantitative estimate of drug-likeness (QED) is 0.528. The van der Waals surface area contributed by atoms with Crippen LogP contribution in [-0.4, -0.2) is 78.3 Å². The zero-order valence-electron chi connectivity index (χ0n) is 19.6. The minimum atomic E-state index is 0.326. The summed E-state index contributed by atoms with van der Waals surface area (Å²) in [6, 6.07) is 26.8. The molecule has 0 unspecified atom stereocenters. The standard InChI is InChI=1S/C28H36N4O/c1-3-8-25(9-4-1)28(26-10-5-2-6-11-26)32-18-15-30(16-19-32)24-27-12-7-13-31(27)17-14-29-20-22-33-23-21-29/h1-13,28H,14-24H2. The highest BCUT2D eigenvalue weighted by atomic mass is 16.5. The van der Waals surface area contributed by atoms with Crippen LogP contribution in [0.25, 0.3) is 0 Å². The average Bonchev–Trinajstić information content (AvgIpc) is 3.33. The molecule has 33 heavy (non-hydrogen) atoms. The molecule has 0 saturated carbocycles. The van der Waals surface area contributed by atoms with E-state index in [1.807, 2.05) is 0 Å². The highest BCUT2D eigenvalue weighted by molar-refractivity contribution is 5.32. The summed E-state index contributed by atoms with van der Waals surface area (Å²) in [4.78, 5) is 7.78. The van der Waals surface area contributed by atoms with Crippen molar-refractivity contribution in [2.24, 2.45) is 0 Å². The molecule has 5 heteroatoms. The molecule has 2 fully saturated rings. The Morgan fingerprint density at radius 2 is 1.27 bits per heavy atom. The molecule has 2 aromatic carbocycles. The van der Waals surface area contributed by atoms with Gasteiger partial charge in [0.05, 0.1) is 19.3 Å². The predicted octanol–water partition coefficient (Wildman–Crippen LogP) is 3.73. The van der Waals surface area contributed by atoms with Crippen LogP contribution in [0.15, 0.2) is 79.0 Å². The minimum Gasteiger partial charge on any atom is -0.379 e. The first-order chi connectivity index (χ1) is 16.4. The molecule has 0 aliphatic carbocycles. The summed E-state index contributed by atoms with van der Waals surface area (Å²) in [5, 5.41) is 0. The minimum absolute atomic E-state index is 0.326. The number of ether oxygens (including phenoxy) is 1. The van der Waals surface area contributed by atoms with E-state index >= 15 is 0 Å². The molecule has 3 aromatic rings. The van der Waals surface area contributed by atoms with Crippen molar-refractivity contribution in [3.8, 4) is 0 Å². The summed E-state index contributed by atoms with van der Waals surface area (Å²) in [5.41, 5.74) is 4.20. The number of hydrogen-bond acceptors (Lipinski definition) is 4. The molecule has 5 rings (SSSR count). The predicted molar refractivity (Wildman–Crippen MR) is 133 cm³/mol. The van der Waals surface area contributed by atoms with E-state index in [4.69, 9.17) is 4.74 Å². The second kappa shape index (κ2) is 11.1. The summed E-state index contributed by atoms with van der Waals surface area (Å²) >= 11 is 0. The zero-order valence-corrected chi connectivity index (χ0v) is 19.6. The molecule has 0 atom stereocenters. The molecule has 0 bridgehead atoms. The van der Waals surface area contributed by atoms with Crippen molar-refractivity contribution in [3.63, 3.8) is 0 Å². The van der Waals surface area contributed by atoms with Crippen molar-refractivity contribution in [1.82, 2.24) is 19.3 Å². The molecule has 2 aliphatic heterocycles. The second-order valence-electron chi connectivity index (χ2n) is 9.18. The summed E-state index contributed by atoms with van der Waals surface area (Å²) in [6.07, 6.45) is 2.24. The Labute approximate surface area is 198 Å². The van der Waals surface area contributed by atoms with Crippen LogP contribution in [0, 0.1) is 0 Å². The molecule has 0 amide bonds. The molecule has 174 valence electrons. The van der Waals surface area contributed by atoms with Gasteiger partial charge in [-0.1, -0.05) is 60.7 Å². The number of rotatable bonds is 8. The van der Waals surface area contributed by atoms with Gasteiger partial charge in [-0.3, -0.25) is 14.7 Å². The van der Waals surface area contributed by atoms with Crippen LogP contribution in [0.5, 0.6) is 0 Å².